The molecule has 3 aromatic rings. The highest BCUT2D eigenvalue weighted by atomic mass is 32.1. The number of ether oxygens (including phenoxy) is 2. The van der Waals surface area contributed by atoms with Gasteiger partial charge in [-0.2, -0.15) is 0 Å². The van der Waals surface area contributed by atoms with E-state index in [9.17, 15) is 4.79 Å². The van der Waals surface area contributed by atoms with Crippen molar-refractivity contribution in [2.24, 2.45) is 0 Å². The average Bonchev–Trinajstić information content (AvgIpc) is 3.39. The van der Waals surface area contributed by atoms with Crippen LogP contribution in [0, 0.1) is 0 Å². The molecule has 1 N–H and O–H groups in total. The fraction of sp³-hybridized carbons (Fsp3) is 0.400. The minimum atomic E-state index is -0.159. The largest absolute Gasteiger partial charge is 0.379 e. The van der Waals surface area contributed by atoms with Crippen molar-refractivity contribution in [1.82, 2.24) is 20.1 Å². The first-order chi connectivity index (χ1) is 14.7. The zero-order valence-corrected chi connectivity index (χ0v) is 18.3. The third-order valence-corrected chi connectivity index (χ3v) is 6.34. The Labute approximate surface area is 182 Å². The molecule has 0 spiro atoms. The quantitative estimate of drug-likeness (QED) is 0.570. The van der Waals surface area contributed by atoms with Crippen LogP contribution in [0.4, 0.5) is 5.13 Å². The maximum absolute atomic E-state index is 12.3. The van der Waals surface area contributed by atoms with E-state index < -0.39 is 0 Å². The first kappa shape index (κ1) is 21.0. The van der Waals surface area contributed by atoms with Crippen LogP contribution in [-0.2, 0) is 33.8 Å². The van der Waals surface area contributed by atoms with Crippen LogP contribution in [0.5, 0.6) is 0 Å². The molecular weight excluding hydrogens is 422 g/mol. The number of morpholine rings is 1. The van der Waals surface area contributed by atoms with E-state index in [-0.39, 0.29) is 12.3 Å². The van der Waals surface area contributed by atoms with E-state index in [1.165, 1.54) is 16.9 Å². The molecule has 1 saturated heterocycles. The first-order valence-corrected chi connectivity index (χ1v) is 11.3. The molecule has 1 aromatic carbocycles. The number of amides is 1. The van der Waals surface area contributed by atoms with Gasteiger partial charge in [-0.15, -0.1) is 21.5 Å². The second-order valence-corrected chi connectivity index (χ2v) is 8.81. The number of benzene rings is 1. The molecule has 8 nitrogen and oxygen atoms in total. The second-order valence-electron chi connectivity index (χ2n) is 6.89. The molecule has 1 aliphatic heterocycles. The number of aromatic nitrogens is 3. The molecule has 158 valence electrons. The van der Waals surface area contributed by atoms with Crippen molar-refractivity contribution in [3.8, 4) is 10.6 Å². The van der Waals surface area contributed by atoms with E-state index in [1.54, 1.807) is 18.4 Å². The smallest absolute Gasteiger partial charge is 0.232 e. The number of nitrogens with zero attached hydrogens (tertiary/aromatic N) is 4. The molecule has 1 aliphatic rings. The molecule has 0 atom stereocenters. The maximum atomic E-state index is 12.3. The van der Waals surface area contributed by atoms with Gasteiger partial charge < -0.3 is 14.8 Å². The molecule has 30 heavy (non-hydrogen) atoms. The molecule has 0 aliphatic carbocycles. The summed E-state index contributed by atoms with van der Waals surface area (Å²) < 4.78 is 10.4. The highest BCUT2D eigenvalue weighted by Gasteiger charge is 2.13. The predicted octanol–water partition coefficient (Wildman–Crippen LogP) is 2.82. The van der Waals surface area contributed by atoms with Crippen molar-refractivity contribution in [3.63, 3.8) is 0 Å². The average molecular weight is 446 g/mol. The normalized spacial score (nSPS) is 14.7. The summed E-state index contributed by atoms with van der Waals surface area (Å²) in [7, 11) is 1.59. The van der Waals surface area contributed by atoms with Gasteiger partial charge >= 0.3 is 0 Å². The predicted molar refractivity (Wildman–Crippen MR) is 117 cm³/mol. The zero-order chi connectivity index (χ0) is 20.8. The minimum absolute atomic E-state index is 0.159. The lowest BCUT2D eigenvalue weighted by Crippen LogP contribution is -2.35. The van der Waals surface area contributed by atoms with Crippen LogP contribution in [-0.4, -0.2) is 59.4 Å². The summed E-state index contributed by atoms with van der Waals surface area (Å²) in [5.74, 6) is -0.159. The van der Waals surface area contributed by atoms with Gasteiger partial charge in [0.2, 0.25) is 11.0 Å². The van der Waals surface area contributed by atoms with Gasteiger partial charge in [-0.3, -0.25) is 9.69 Å². The Morgan fingerprint density at radius 2 is 2.03 bits per heavy atom. The molecule has 0 bridgehead atoms. The van der Waals surface area contributed by atoms with Crippen LogP contribution in [0.1, 0.15) is 16.3 Å². The maximum Gasteiger partial charge on any atom is 0.232 e. The van der Waals surface area contributed by atoms with E-state index in [0.717, 1.165) is 54.1 Å². The van der Waals surface area contributed by atoms with Gasteiger partial charge in [-0.25, -0.2) is 4.98 Å². The van der Waals surface area contributed by atoms with Crippen molar-refractivity contribution >= 4 is 33.7 Å². The van der Waals surface area contributed by atoms with Crippen molar-refractivity contribution in [3.05, 3.63) is 45.9 Å². The van der Waals surface area contributed by atoms with Crippen LogP contribution in [0.3, 0.4) is 0 Å². The topological polar surface area (TPSA) is 89.5 Å². The summed E-state index contributed by atoms with van der Waals surface area (Å²) in [6.45, 7) is 4.88. The molecule has 0 radical (unpaired) electrons. The summed E-state index contributed by atoms with van der Waals surface area (Å²) in [5, 5.41) is 14.7. The zero-order valence-electron chi connectivity index (χ0n) is 16.7. The van der Waals surface area contributed by atoms with Gasteiger partial charge in [0, 0.05) is 37.7 Å². The van der Waals surface area contributed by atoms with Gasteiger partial charge in [-0.05, 0) is 5.56 Å². The van der Waals surface area contributed by atoms with Crippen molar-refractivity contribution in [2.75, 3.05) is 38.7 Å². The number of nitrogens with one attached hydrogen (secondary N) is 1. The van der Waals surface area contributed by atoms with Crippen molar-refractivity contribution in [2.45, 2.75) is 19.6 Å². The van der Waals surface area contributed by atoms with Crippen LogP contribution >= 0.6 is 22.7 Å². The monoisotopic (exact) mass is 445 g/mol. The number of carbonyl (C=O) groups is 1. The minimum Gasteiger partial charge on any atom is -0.379 e. The highest BCUT2D eigenvalue weighted by Crippen LogP contribution is 2.25. The summed E-state index contributed by atoms with van der Waals surface area (Å²) in [5.41, 5.74) is 3.08. The number of hydrogen-bond donors (Lipinski definition) is 1. The first-order valence-electron chi connectivity index (χ1n) is 9.64. The van der Waals surface area contributed by atoms with E-state index in [4.69, 9.17) is 9.47 Å². The van der Waals surface area contributed by atoms with Crippen LogP contribution in [0.25, 0.3) is 10.6 Å². The third-order valence-electron chi connectivity index (χ3n) is 4.59. The Morgan fingerprint density at radius 3 is 2.80 bits per heavy atom. The van der Waals surface area contributed by atoms with Crippen molar-refractivity contribution < 1.29 is 14.3 Å². The fourth-order valence-electron chi connectivity index (χ4n) is 3.10. The van der Waals surface area contributed by atoms with Gasteiger partial charge in [-0.1, -0.05) is 35.6 Å². The Bertz CT molecular complexity index is 967. The summed E-state index contributed by atoms with van der Waals surface area (Å²) in [6.07, 6.45) is 0.199. The molecule has 0 saturated carbocycles. The van der Waals surface area contributed by atoms with Crippen molar-refractivity contribution in [1.29, 1.82) is 0 Å². The van der Waals surface area contributed by atoms with E-state index >= 15 is 0 Å². The molecule has 0 unspecified atom stereocenters. The van der Waals surface area contributed by atoms with E-state index in [1.807, 2.05) is 5.38 Å². The lowest BCUT2D eigenvalue weighted by molar-refractivity contribution is -0.115. The number of rotatable bonds is 8. The Morgan fingerprint density at radius 1 is 1.23 bits per heavy atom. The molecule has 3 heterocycles. The molecule has 2 aromatic heterocycles. The Hall–Kier alpha value is -2.24. The molecule has 4 rings (SSSR count). The Kier molecular flexibility index (Phi) is 7.13. The lowest BCUT2D eigenvalue weighted by atomic mass is 10.1. The van der Waals surface area contributed by atoms with Gasteiger partial charge in [0.05, 0.1) is 25.3 Å². The van der Waals surface area contributed by atoms with Gasteiger partial charge in [0.1, 0.15) is 16.6 Å². The number of anilines is 1. The number of hydrogen-bond acceptors (Lipinski definition) is 9. The summed E-state index contributed by atoms with van der Waals surface area (Å²) >= 11 is 2.85. The van der Waals surface area contributed by atoms with Crippen LogP contribution < -0.4 is 5.32 Å². The van der Waals surface area contributed by atoms with E-state index in [0.29, 0.717) is 11.7 Å². The van der Waals surface area contributed by atoms with Gasteiger partial charge in [0.15, 0.2) is 0 Å². The third kappa shape index (κ3) is 5.67. The Balaban J connectivity index is 1.32. The highest BCUT2D eigenvalue weighted by molar-refractivity contribution is 7.15. The molecular formula is C20H23N5O3S2. The lowest BCUT2D eigenvalue weighted by Gasteiger charge is -2.26. The van der Waals surface area contributed by atoms with Crippen LogP contribution in [0.2, 0.25) is 0 Å². The van der Waals surface area contributed by atoms with Gasteiger partial charge in [0.25, 0.3) is 0 Å². The standard InChI is InChI=1S/C20H23N5O3S2/c1-27-12-18-23-24-20(30-18)22-17(26)10-16-13-29-19(21-16)15-4-2-14(3-5-15)11-25-6-8-28-9-7-25/h2-5,13H,6-12H2,1H3,(H,22,24,26). The summed E-state index contributed by atoms with van der Waals surface area (Å²) in [6, 6.07) is 8.48. The summed E-state index contributed by atoms with van der Waals surface area (Å²) in [4.78, 5) is 19.3. The molecule has 1 fully saturated rings. The fourth-order valence-corrected chi connectivity index (χ4v) is 4.66. The molecule has 10 heteroatoms. The SMILES string of the molecule is COCc1nnc(NC(=O)Cc2csc(-c3ccc(CN4CCOCC4)cc3)n2)s1. The number of carbonyl (C=O) groups excluding carboxylic acids is 1. The van der Waals surface area contributed by atoms with Crippen LogP contribution in [0.15, 0.2) is 29.6 Å². The second kappa shape index (κ2) is 10.2. The molecule has 1 amide bonds. The number of thiazole rings is 1. The van der Waals surface area contributed by atoms with E-state index in [2.05, 4.69) is 49.7 Å². The number of methoxy groups -OCH3 is 1.